The summed E-state index contributed by atoms with van der Waals surface area (Å²) in [5.74, 6) is 0. The van der Waals surface area contributed by atoms with Gasteiger partial charge in [-0.1, -0.05) is 0 Å². The summed E-state index contributed by atoms with van der Waals surface area (Å²) in [5, 5.41) is 3.09. The summed E-state index contributed by atoms with van der Waals surface area (Å²) in [6.45, 7) is 2.76. The van der Waals surface area contributed by atoms with Crippen LogP contribution in [0.4, 0.5) is 5.69 Å². The topological polar surface area (TPSA) is 38.2 Å². The molecule has 2 heterocycles. The van der Waals surface area contributed by atoms with Crippen molar-refractivity contribution in [3.63, 3.8) is 0 Å². The van der Waals surface area contributed by atoms with E-state index in [0.717, 1.165) is 27.4 Å². The zero-order valence-electron chi connectivity index (χ0n) is 11.1. The lowest BCUT2D eigenvalue weighted by Crippen LogP contribution is -2.16. The molecule has 19 heavy (non-hydrogen) atoms. The molecule has 1 atom stereocenters. The third-order valence-electron chi connectivity index (χ3n) is 2.80. The van der Waals surface area contributed by atoms with Gasteiger partial charge in [0.15, 0.2) is 0 Å². The summed E-state index contributed by atoms with van der Waals surface area (Å²) in [7, 11) is 3.73. The van der Waals surface area contributed by atoms with E-state index in [1.165, 1.54) is 0 Å². The first-order valence-electron chi connectivity index (χ1n) is 5.89. The van der Waals surface area contributed by atoms with E-state index in [1.54, 1.807) is 24.6 Å². The number of hydrogen-bond acceptors (Lipinski definition) is 5. The minimum absolute atomic E-state index is 0.0524. The van der Waals surface area contributed by atoms with Gasteiger partial charge in [-0.2, -0.15) is 0 Å². The molecule has 0 saturated heterocycles. The number of nitrogens with zero attached hydrogens (tertiary/aromatic N) is 3. The molecule has 0 aliphatic carbocycles. The molecule has 0 spiro atoms. The molecule has 2 aromatic heterocycles. The number of hydrogen-bond donors (Lipinski definition) is 0. The van der Waals surface area contributed by atoms with Gasteiger partial charge in [-0.3, -0.25) is 4.98 Å². The van der Waals surface area contributed by atoms with Crippen molar-refractivity contribution in [3.8, 4) is 0 Å². The molecule has 0 aromatic carbocycles. The van der Waals surface area contributed by atoms with Crippen LogP contribution in [-0.4, -0.2) is 24.1 Å². The minimum Gasteiger partial charge on any atom is -0.375 e. The first-order valence-corrected chi connectivity index (χ1v) is 7.56. The molecule has 4 nitrogen and oxygen atoms in total. The van der Waals surface area contributed by atoms with Crippen molar-refractivity contribution in [1.82, 2.24) is 9.97 Å². The van der Waals surface area contributed by atoms with E-state index in [2.05, 4.69) is 36.2 Å². The molecule has 0 fully saturated rings. The van der Waals surface area contributed by atoms with Crippen LogP contribution in [0.25, 0.3) is 0 Å². The van der Waals surface area contributed by atoms with E-state index in [0.29, 0.717) is 0 Å². The third-order valence-corrected chi connectivity index (χ3v) is 4.29. The smallest absolute Gasteiger partial charge is 0.122 e. The summed E-state index contributed by atoms with van der Waals surface area (Å²) < 4.78 is 6.25. The molecule has 0 N–H and O–H groups in total. The van der Waals surface area contributed by atoms with Gasteiger partial charge in [0.2, 0.25) is 0 Å². The maximum atomic E-state index is 5.27. The Morgan fingerprint density at radius 2 is 2.26 bits per heavy atom. The van der Waals surface area contributed by atoms with Gasteiger partial charge < -0.3 is 9.64 Å². The third kappa shape index (κ3) is 3.75. The van der Waals surface area contributed by atoms with Gasteiger partial charge in [0, 0.05) is 30.2 Å². The van der Waals surface area contributed by atoms with E-state index in [4.69, 9.17) is 4.74 Å². The number of rotatable bonds is 5. The van der Waals surface area contributed by atoms with E-state index in [-0.39, 0.29) is 6.10 Å². The van der Waals surface area contributed by atoms with Crippen molar-refractivity contribution < 1.29 is 4.74 Å². The normalized spacial score (nSPS) is 12.4. The van der Waals surface area contributed by atoms with Gasteiger partial charge in [0.05, 0.1) is 24.1 Å². The van der Waals surface area contributed by atoms with Gasteiger partial charge in [-0.25, -0.2) is 4.98 Å². The maximum Gasteiger partial charge on any atom is 0.122 e. The number of pyridine rings is 1. The number of ether oxygens (including phenoxy) is 1. The molecule has 0 amide bonds. The Bertz CT molecular complexity index is 546. The molecule has 0 aliphatic rings. The number of halogens is 1. The van der Waals surface area contributed by atoms with E-state index >= 15 is 0 Å². The maximum absolute atomic E-state index is 5.27. The fourth-order valence-electron chi connectivity index (χ4n) is 1.63. The predicted octanol–water partition coefficient (Wildman–Crippen LogP) is 3.64. The summed E-state index contributed by atoms with van der Waals surface area (Å²) in [4.78, 5) is 10.9. The molecule has 6 heteroatoms. The second kappa shape index (κ2) is 6.45. The van der Waals surface area contributed by atoms with Crippen LogP contribution in [0.15, 0.2) is 28.3 Å². The second-order valence-corrected chi connectivity index (χ2v) is 6.08. The molecule has 0 bridgehead atoms. The van der Waals surface area contributed by atoms with Crippen LogP contribution in [0.3, 0.4) is 0 Å². The zero-order valence-corrected chi connectivity index (χ0v) is 13.5. The molecule has 1 unspecified atom stereocenters. The first kappa shape index (κ1) is 14.4. The van der Waals surface area contributed by atoms with Crippen molar-refractivity contribution in [2.24, 2.45) is 0 Å². The lowest BCUT2D eigenvalue weighted by Gasteiger charge is -2.17. The van der Waals surface area contributed by atoms with Crippen LogP contribution in [0.2, 0.25) is 0 Å². The number of anilines is 1. The monoisotopic (exact) mass is 341 g/mol. The van der Waals surface area contributed by atoms with Crippen molar-refractivity contribution >= 4 is 33.0 Å². The molecular weight excluding hydrogens is 326 g/mol. The van der Waals surface area contributed by atoms with Crippen LogP contribution in [0.1, 0.15) is 23.7 Å². The van der Waals surface area contributed by atoms with Gasteiger partial charge >= 0.3 is 0 Å². The Morgan fingerprint density at radius 1 is 1.47 bits per heavy atom. The average molecular weight is 342 g/mol. The van der Waals surface area contributed by atoms with Crippen LogP contribution in [0.5, 0.6) is 0 Å². The number of thiazole rings is 1. The first-order chi connectivity index (χ1) is 9.10. The molecule has 0 saturated carbocycles. The molecule has 0 aliphatic heterocycles. The number of aromatic nitrogens is 2. The zero-order chi connectivity index (χ0) is 13.8. The Kier molecular flexibility index (Phi) is 4.90. The minimum atomic E-state index is 0.0524. The highest BCUT2D eigenvalue weighted by atomic mass is 79.9. The molecule has 102 valence electrons. The van der Waals surface area contributed by atoms with Crippen molar-refractivity contribution in [2.75, 3.05) is 19.1 Å². The Labute approximate surface area is 125 Å². The van der Waals surface area contributed by atoms with Gasteiger partial charge in [0.25, 0.3) is 0 Å². The highest BCUT2D eigenvalue weighted by Gasteiger charge is 2.11. The van der Waals surface area contributed by atoms with Gasteiger partial charge in [0.1, 0.15) is 11.1 Å². The van der Waals surface area contributed by atoms with Crippen molar-refractivity contribution in [3.05, 3.63) is 39.0 Å². The molecule has 0 radical (unpaired) electrons. The van der Waals surface area contributed by atoms with Gasteiger partial charge in [-0.05, 0) is 28.9 Å². The van der Waals surface area contributed by atoms with Gasteiger partial charge in [-0.15, -0.1) is 11.3 Å². The predicted molar refractivity (Wildman–Crippen MR) is 81.6 cm³/mol. The van der Waals surface area contributed by atoms with Crippen molar-refractivity contribution in [2.45, 2.75) is 19.6 Å². The van der Waals surface area contributed by atoms with Crippen LogP contribution < -0.4 is 4.90 Å². The fourth-order valence-corrected chi connectivity index (χ4v) is 2.82. The Morgan fingerprint density at radius 3 is 2.95 bits per heavy atom. The average Bonchev–Trinajstić information content (AvgIpc) is 2.86. The van der Waals surface area contributed by atoms with E-state index < -0.39 is 0 Å². The lowest BCUT2D eigenvalue weighted by atomic mass is 10.3. The summed E-state index contributed by atoms with van der Waals surface area (Å²) >= 11 is 5.06. The Balaban J connectivity index is 2.06. The largest absolute Gasteiger partial charge is 0.375 e. The highest BCUT2D eigenvalue weighted by Crippen LogP contribution is 2.23. The van der Waals surface area contributed by atoms with Crippen LogP contribution >= 0.6 is 27.3 Å². The summed E-state index contributed by atoms with van der Waals surface area (Å²) in [5.41, 5.74) is 2.11. The lowest BCUT2D eigenvalue weighted by molar-refractivity contribution is 0.119. The SMILES string of the molecule is COC(C)c1nc(CN(C)c2cncc(Br)c2)cs1. The Hall–Kier alpha value is -0.980. The van der Waals surface area contributed by atoms with Crippen molar-refractivity contribution in [1.29, 1.82) is 0 Å². The van der Waals surface area contributed by atoms with E-state index in [9.17, 15) is 0 Å². The molecular formula is C13H16BrN3OS. The quantitative estimate of drug-likeness (QED) is 0.831. The van der Waals surface area contributed by atoms with Crippen LogP contribution in [0, 0.1) is 0 Å². The summed E-state index contributed by atoms with van der Waals surface area (Å²) in [6.07, 6.45) is 3.67. The molecule has 2 rings (SSSR count). The van der Waals surface area contributed by atoms with E-state index in [1.807, 2.05) is 26.2 Å². The number of methoxy groups -OCH3 is 1. The highest BCUT2D eigenvalue weighted by molar-refractivity contribution is 9.10. The molecule has 2 aromatic rings. The summed E-state index contributed by atoms with van der Waals surface area (Å²) in [6, 6.07) is 2.04. The second-order valence-electron chi connectivity index (χ2n) is 4.27. The standard InChI is InChI=1S/C13H16BrN3OS/c1-9(18-3)13-16-11(8-19-13)7-17(2)12-4-10(14)5-15-6-12/h4-6,8-9H,7H2,1-3H3. The fraction of sp³-hybridized carbons (Fsp3) is 0.385. The van der Waals surface area contributed by atoms with Crippen LogP contribution in [-0.2, 0) is 11.3 Å².